The first-order chi connectivity index (χ1) is 7.34. The summed E-state index contributed by atoms with van der Waals surface area (Å²) in [5, 5.41) is 7.88. The molecule has 1 aromatic rings. The molecule has 1 fully saturated rings. The summed E-state index contributed by atoms with van der Waals surface area (Å²) < 4.78 is 2.01. The van der Waals surface area contributed by atoms with E-state index in [1.807, 2.05) is 10.9 Å². The van der Waals surface area contributed by atoms with Crippen molar-refractivity contribution in [3.63, 3.8) is 0 Å². The van der Waals surface area contributed by atoms with Crippen LogP contribution in [0.5, 0.6) is 0 Å². The standard InChI is InChI=1S/C11H19N3S.ClH/c1-10-8-13-14(9-10)5-4-12-11-2-6-15-7-3-11;/h8-9,11-12H,2-7H2,1H3;1H. The summed E-state index contributed by atoms with van der Waals surface area (Å²) >= 11 is 2.07. The lowest BCUT2D eigenvalue weighted by molar-refractivity contribution is 0.453. The Morgan fingerprint density at radius 1 is 1.50 bits per heavy atom. The first-order valence-corrected chi connectivity index (χ1v) is 6.80. The quantitative estimate of drug-likeness (QED) is 0.900. The molecule has 92 valence electrons. The van der Waals surface area contributed by atoms with Crippen LogP contribution in [0.25, 0.3) is 0 Å². The van der Waals surface area contributed by atoms with Crippen molar-refractivity contribution in [3.05, 3.63) is 18.0 Å². The van der Waals surface area contributed by atoms with Gasteiger partial charge in [-0.25, -0.2) is 0 Å². The zero-order valence-corrected chi connectivity index (χ0v) is 11.3. The molecular weight excluding hydrogens is 242 g/mol. The second kappa shape index (κ2) is 7.20. The smallest absolute Gasteiger partial charge is 0.0534 e. The van der Waals surface area contributed by atoms with E-state index in [1.54, 1.807) is 0 Å². The van der Waals surface area contributed by atoms with Crippen molar-refractivity contribution in [1.29, 1.82) is 0 Å². The Balaban J connectivity index is 0.00000128. The van der Waals surface area contributed by atoms with Gasteiger partial charge in [0.25, 0.3) is 0 Å². The number of hydrogen-bond donors (Lipinski definition) is 1. The van der Waals surface area contributed by atoms with E-state index in [-0.39, 0.29) is 12.4 Å². The molecule has 16 heavy (non-hydrogen) atoms. The van der Waals surface area contributed by atoms with E-state index in [1.165, 1.54) is 29.9 Å². The van der Waals surface area contributed by atoms with Crippen LogP contribution in [-0.2, 0) is 6.54 Å². The van der Waals surface area contributed by atoms with Crippen LogP contribution in [-0.4, -0.2) is 33.9 Å². The molecule has 0 unspecified atom stereocenters. The number of aromatic nitrogens is 2. The van der Waals surface area contributed by atoms with Crippen molar-refractivity contribution in [2.24, 2.45) is 0 Å². The zero-order chi connectivity index (χ0) is 10.5. The van der Waals surface area contributed by atoms with E-state index in [9.17, 15) is 0 Å². The minimum Gasteiger partial charge on any atom is -0.312 e. The van der Waals surface area contributed by atoms with Crippen LogP contribution in [0, 0.1) is 6.92 Å². The van der Waals surface area contributed by atoms with Crippen LogP contribution in [0.15, 0.2) is 12.4 Å². The highest BCUT2D eigenvalue weighted by Crippen LogP contribution is 2.16. The molecule has 2 rings (SSSR count). The van der Waals surface area contributed by atoms with Crippen LogP contribution in [0.4, 0.5) is 0 Å². The van der Waals surface area contributed by atoms with Crippen molar-refractivity contribution in [2.75, 3.05) is 18.1 Å². The molecule has 0 aliphatic carbocycles. The van der Waals surface area contributed by atoms with Gasteiger partial charge in [-0.1, -0.05) is 0 Å². The maximum atomic E-state index is 4.27. The van der Waals surface area contributed by atoms with Crippen LogP contribution in [0.1, 0.15) is 18.4 Å². The van der Waals surface area contributed by atoms with Crippen molar-refractivity contribution in [1.82, 2.24) is 15.1 Å². The zero-order valence-electron chi connectivity index (χ0n) is 9.69. The summed E-state index contributed by atoms with van der Waals surface area (Å²) in [4.78, 5) is 0. The van der Waals surface area contributed by atoms with Gasteiger partial charge in [-0.15, -0.1) is 12.4 Å². The van der Waals surface area contributed by atoms with E-state index in [2.05, 4.69) is 35.3 Å². The van der Waals surface area contributed by atoms with Crippen LogP contribution < -0.4 is 5.32 Å². The predicted molar refractivity (Wildman–Crippen MR) is 72.6 cm³/mol. The molecule has 0 aromatic carbocycles. The summed E-state index contributed by atoms with van der Waals surface area (Å²) in [5.74, 6) is 2.64. The minimum absolute atomic E-state index is 0. The number of halogens is 1. The molecular formula is C11H20ClN3S. The molecule has 2 heterocycles. The van der Waals surface area contributed by atoms with Gasteiger partial charge in [0, 0.05) is 18.8 Å². The number of thioether (sulfide) groups is 1. The Morgan fingerprint density at radius 2 is 2.25 bits per heavy atom. The van der Waals surface area contributed by atoms with Crippen LogP contribution >= 0.6 is 24.2 Å². The Kier molecular flexibility index (Phi) is 6.24. The molecule has 0 amide bonds. The van der Waals surface area contributed by atoms with Gasteiger partial charge in [0.1, 0.15) is 0 Å². The fourth-order valence-electron chi connectivity index (χ4n) is 1.87. The van der Waals surface area contributed by atoms with Crippen molar-refractivity contribution in [3.8, 4) is 0 Å². The lowest BCUT2D eigenvalue weighted by Gasteiger charge is -2.22. The highest BCUT2D eigenvalue weighted by Gasteiger charge is 2.12. The highest BCUT2D eigenvalue weighted by molar-refractivity contribution is 7.99. The first-order valence-electron chi connectivity index (χ1n) is 5.65. The van der Waals surface area contributed by atoms with Gasteiger partial charge in [0.15, 0.2) is 0 Å². The van der Waals surface area contributed by atoms with Crippen molar-refractivity contribution < 1.29 is 0 Å². The number of aryl methyl sites for hydroxylation is 1. The normalized spacial score (nSPS) is 17.1. The van der Waals surface area contributed by atoms with Gasteiger partial charge < -0.3 is 5.32 Å². The van der Waals surface area contributed by atoms with Gasteiger partial charge in [0.2, 0.25) is 0 Å². The maximum absolute atomic E-state index is 4.27. The molecule has 0 radical (unpaired) electrons. The molecule has 1 aliphatic rings. The van der Waals surface area contributed by atoms with Crippen molar-refractivity contribution in [2.45, 2.75) is 32.4 Å². The third kappa shape index (κ3) is 4.36. The second-order valence-electron chi connectivity index (χ2n) is 4.12. The number of nitrogens with zero attached hydrogens (tertiary/aromatic N) is 2. The summed E-state index contributed by atoms with van der Waals surface area (Å²) in [6.45, 7) is 4.10. The fraction of sp³-hybridized carbons (Fsp3) is 0.727. The second-order valence-corrected chi connectivity index (χ2v) is 5.35. The average Bonchev–Trinajstić information content (AvgIpc) is 2.66. The third-order valence-corrected chi connectivity index (χ3v) is 3.81. The van der Waals surface area contributed by atoms with Gasteiger partial charge in [-0.3, -0.25) is 4.68 Å². The fourth-order valence-corrected chi connectivity index (χ4v) is 2.98. The Morgan fingerprint density at radius 3 is 2.88 bits per heavy atom. The van der Waals surface area contributed by atoms with E-state index < -0.39 is 0 Å². The average molecular weight is 262 g/mol. The molecule has 1 saturated heterocycles. The lowest BCUT2D eigenvalue weighted by Crippen LogP contribution is -2.34. The number of rotatable bonds is 4. The predicted octanol–water partition coefficient (Wildman–Crippen LogP) is 2.10. The SMILES string of the molecule is Cc1cnn(CCNC2CCSCC2)c1.Cl. The maximum Gasteiger partial charge on any atom is 0.0534 e. The Hall–Kier alpha value is -0.190. The molecule has 1 N–H and O–H groups in total. The van der Waals surface area contributed by atoms with E-state index in [0.29, 0.717) is 0 Å². The molecule has 1 aromatic heterocycles. The number of nitrogens with one attached hydrogen (secondary N) is 1. The topological polar surface area (TPSA) is 29.9 Å². The van der Waals surface area contributed by atoms with Crippen molar-refractivity contribution >= 4 is 24.2 Å². The third-order valence-electron chi connectivity index (χ3n) is 2.76. The molecule has 1 aliphatic heterocycles. The highest BCUT2D eigenvalue weighted by atomic mass is 35.5. The largest absolute Gasteiger partial charge is 0.312 e. The molecule has 0 spiro atoms. The van der Waals surface area contributed by atoms with Gasteiger partial charge in [0.05, 0.1) is 12.7 Å². The Labute approximate surface area is 108 Å². The minimum atomic E-state index is 0. The molecule has 3 nitrogen and oxygen atoms in total. The summed E-state index contributed by atoms with van der Waals surface area (Å²) in [7, 11) is 0. The molecule has 0 bridgehead atoms. The first kappa shape index (κ1) is 13.9. The number of hydrogen-bond acceptors (Lipinski definition) is 3. The molecule has 0 saturated carbocycles. The summed E-state index contributed by atoms with van der Waals surface area (Å²) in [5.41, 5.74) is 1.24. The summed E-state index contributed by atoms with van der Waals surface area (Å²) in [6.07, 6.45) is 6.65. The molecule has 5 heteroatoms. The van der Waals surface area contributed by atoms with Crippen LogP contribution in [0.3, 0.4) is 0 Å². The van der Waals surface area contributed by atoms with Gasteiger partial charge in [-0.2, -0.15) is 16.9 Å². The van der Waals surface area contributed by atoms with E-state index >= 15 is 0 Å². The van der Waals surface area contributed by atoms with E-state index in [0.717, 1.165) is 19.1 Å². The van der Waals surface area contributed by atoms with Crippen LogP contribution in [0.2, 0.25) is 0 Å². The molecule has 0 atom stereocenters. The van der Waals surface area contributed by atoms with E-state index in [4.69, 9.17) is 0 Å². The Bertz CT molecular complexity index is 297. The monoisotopic (exact) mass is 261 g/mol. The lowest BCUT2D eigenvalue weighted by atomic mass is 10.1. The van der Waals surface area contributed by atoms with Gasteiger partial charge >= 0.3 is 0 Å². The summed E-state index contributed by atoms with van der Waals surface area (Å²) in [6, 6.07) is 0.739. The van der Waals surface area contributed by atoms with Gasteiger partial charge in [-0.05, 0) is 36.8 Å².